The number of carbonyl (C=O) groups excluding carboxylic acids is 2. The highest BCUT2D eigenvalue weighted by Gasteiger charge is 2.30. The zero-order valence-electron chi connectivity index (χ0n) is 17.3. The molecule has 3 rings (SSSR count). The second kappa shape index (κ2) is 10.6. The van der Waals surface area contributed by atoms with Crippen molar-refractivity contribution in [2.45, 2.75) is 32.7 Å². The number of benzene rings is 1. The number of nitrogens with one attached hydrogen (secondary N) is 1. The molecule has 0 spiro atoms. The van der Waals surface area contributed by atoms with Gasteiger partial charge in [-0.3, -0.25) is 14.5 Å². The van der Waals surface area contributed by atoms with Crippen LogP contribution in [0.25, 0.3) is 0 Å². The molecule has 2 heterocycles. The maximum Gasteiger partial charge on any atom is 0.263 e. The average Bonchev–Trinajstić information content (AvgIpc) is 3.31. The van der Waals surface area contributed by atoms with Crippen LogP contribution in [0.15, 0.2) is 47.8 Å². The number of rotatable bonds is 8. The fourth-order valence-corrected chi connectivity index (χ4v) is 4.76. The van der Waals surface area contributed by atoms with Gasteiger partial charge in [-0.2, -0.15) is 0 Å². The molecule has 1 aromatic carbocycles. The van der Waals surface area contributed by atoms with Crippen LogP contribution in [0.1, 0.15) is 48.0 Å². The van der Waals surface area contributed by atoms with Gasteiger partial charge in [-0.25, -0.2) is 0 Å². The molecular weight excluding hydrogens is 382 g/mol. The molecule has 0 bridgehead atoms. The van der Waals surface area contributed by atoms with Crippen molar-refractivity contribution in [3.8, 4) is 0 Å². The van der Waals surface area contributed by atoms with Crippen molar-refractivity contribution in [3.63, 3.8) is 0 Å². The van der Waals surface area contributed by atoms with E-state index >= 15 is 0 Å². The molecule has 2 amide bonds. The maximum absolute atomic E-state index is 12.9. The van der Waals surface area contributed by atoms with Crippen molar-refractivity contribution in [1.29, 1.82) is 0 Å². The second-order valence-electron chi connectivity index (χ2n) is 7.46. The Morgan fingerprint density at radius 3 is 2.59 bits per heavy atom. The Bertz CT molecular complexity index is 775. The second-order valence-corrected chi connectivity index (χ2v) is 8.41. The number of carbonyl (C=O) groups is 2. The Morgan fingerprint density at radius 1 is 1.17 bits per heavy atom. The molecule has 156 valence electrons. The van der Waals surface area contributed by atoms with E-state index in [2.05, 4.69) is 36.2 Å². The van der Waals surface area contributed by atoms with Crippen LogP contribution in [-0.2, 0) is 4.79 Å². The first-order valence-corrected chi connectivity index (χ1v) is 11.4. The molecule has 1 aliphatic heterocycles. The molecule has 2 aromatic rings. The molecule has 0 saturated carbocycles. The number of nitrogens with zero attached hydrogens (tertiary/aromatic N) is 2. The summed E-state index contributed by atoms with van der Waals surface area (Å²) in [6.07, 6.45) is 1.70. The van der Waals surface area contributed by atoms with Gasteiger partial charge in [-0.1, -0.05) is 50.2 Å². The van der Waals surface area contributed by atoms with E-state index in [4.69, 9.17) is 0 Å². The minimum atomic E-state index is -0.138. The molecule has 2 unspecified atom stereocenters. The van der Waals surface area contributed by atoms with Crippen LogP contribution in [0.3, 0.4) is 0 Å². The van der Waals surface area contributed by atoms with E-state index in [1.165, 1.54) is 16.9 Å². The summed E-state index contributed by atoms with van der Waals surface area (Å²) in [5.41, 5.74) is 1.22. The molecule has 29 heavy (non-hydrogen) atoms. The van der Waals surface area contributed by atoms with Crippen LogP contribution in [-0.4, -0.2) is 54.3 Å². The third-order valence-electron chi connectivity index (χ3n) is 5.72. The Kier molecular flexibility index (Phi) is 7.83. The first-order chi connectivity index (χ1) is 14.1. The number of likely N-dealkylation sites (N-methyl/N-ethyl adjacent to an activating group) is 1. The SMILES string of the molecule is CCN(CC)C(CNC(=O)C1CCCN(C(=O)c2cccs2)C1)c1ccccc1. The van der Waals surface area contributed by atoms with E-state index in [0.717, 1.165) is 37.4 Å². The third-order valence-corrected chi connectivity index (χ3v) is 6.58. The van der Waals surface area contributed by atoms with Crippen molar-refractivity contribution >= 4 is 23.2 Å². The number of amides is 2. The Morgan fingerprint density at radius 2 is 1.93 bits per heavy atom. The van der Waals surface area contributed by atoms with Crippen molar-refractivity contribution in [3.05, 3.63) is 58.3 Å². The summed E-state index contributed by atoms with van der Waals surface area (Å²) in [5, 5.41) is 5.09. The van der Waals surface area contributed by atoms with E-state index in [0.29, 0.717) is 13.1 Å². The van der Waals surface area contributed by atoms with Gasteiger partial charge in [0.05, 0.1) is 16.8 Å². The normalized spacial score (nSPS) is 17.9. The van der Waals surface area contributed by atoms with Crippen molar-refractivity contribution < 1.29 is 9.59 Å². The monoisotopic (exact) mass is 413 g/mol. The van der Waals surface area contributed by atoms with Crippen LogP contribution < -0.4 is 5.32 Å². The van der Waals surface area contributed by atoms with Gasteiger partial charge in [0.1, 0.15) is 0 Å². The lowest BCUT2D eigenvalue weighted by Crippen LogP contribution is -2.47. The van der Waals surface area contributed by atoms with Crippen LogP contribution in [0.2, 0.25) is 0 Å². The molecule has 0 radical (unpaired) electrons. The van der Waals surface area contributed by atoms with Gasteiger partial charge in [0.25, 0.3) is 5.91 Å². The molecule has 1 fully saturated rings. The van der Waals surface area contributed by atoms with Crippen molar-refractivity contribution in [1.82, 2.24) is 15.1 Å². The highest BCUT2D eigenvalue weighted by molar-refractivity contribution is 7.12. The smallest absolute Gasteiger partial charge is 0.263 e. The van der Waals surface area contributed by atoms with E-state index in [9.17, 15) is 9.59 Å². The first-order valence-electron chi connectivity index (χ1n) is 10.5. The van der Waals surface area contributed by atoms with Gasteiger partial charge < -0.3 is 10.2 Å². The molecule has 0 aliphatic carbocycles. The van der Waals surface area contributed by atoms with E-state index in [1.807, 2.05) is 40.6 Å². The van der Waals surface area contributed by atoms with Crippen molar-refractivity contribution in [2.75, 3.05) is 32.7 Å². The highest BCUT2D eigenvalue weighted by Crippen LogP contribution is 2.22. The topological polar surface area (TPSA) is 52.7 Å². The number of hydrogen-bond donors (Lipinski definition) is 1. The van der Waals surface area contributed by atoms with Gasteiger partial charge >= 0.3 is 0 Å². The number of likely N-dealkylation sites (tertiary alicyclic amines) is 1. The fourth-order valence-electron chi connectivity index (χ4n) is 4.07. The zero-order chi connectivity index (χ0) is 20.6. The average molecular weight is 414 g/mol. The zero-order valence-corrected chi connectivity index (χ0v) is 18.2. The summed E-state index contributed by atoms with van der Waals surface area (Å²) in [7, 11) is 0. The Hall–Kier alpha value is -2.18. The standard InChI is InChI=1S/C23H31N3O2S/c1-3-25(4-2)20(18-10-6-5-7-11-18)16-24-22(27)19-12-8-14-26(17-19)23(28)21-13-9-15-29-21/h5-7,9-11,13,15,19-20H,3-4,8,12,14,16-17H2,1-2H3,(H,24,27). The quantitative estimate of drug-likeness (QED) is 0.716. The minimum absolute atomic E-state index is 0.0443. The minimum Gasteiger partial charge on any atom is -0.354 e. The van der Waals surface area contributed by atoms with E-state index < -0.39 is 0 Å². The van der Waals surface area contributed by atoms with Gasteiger partial charge in [0.15, 0.2) is 0 Å². The largest absolute Gasteiger partial charge is 0.354 e. The molecule has 1 saturated heterocycles. The van der Waals surface area contributed by atoms with Gasteiger partial charge in [-0.05, 0) is 42.9 Å². The van der Waals surface area contributed by atoms with Crippen LogP contribution in [0.4, 0.5) is 0 Å². The van der Waals surface area contributed by atoms with E-state index in [-0.39, 0.29) is 23.8 Å². The van der Waals surface area contributed by atoms with Crippen LogP contribution >= 0.6 is 11.3 Å². The van der Waals surface area contributed by atoms with Crippen LogP contribution in [0, 0.1) is 5.92 Å². The predicted molar refractivity (Wildman–Crippen MR) is 118 cm³/mol. The number of thiophene rings is 1. The molecular formula is C23H31N3O2S. The van der Waals surface area contributed by atoms with E-state index in [1.54, 1.807) is 0 Å². The lowest BCUT2D eigenvalue weighted by atomic mass is 9.96. The van der Waals surface area contributed by atoms with Crippen molar-refractivity contribution in [2.24, 2.45) is 5.92 Å². The highest BCUT2D eigenvalue weighted by atomic mass is 32.1. The summed E-state index contributed by atoms with van der Waals surface area (Å²) < 4.78 is 0. The molecule has 2 atom stereocenters. The number of piperidine rings is 1. The molecule has 1 aliphatic rings. The van der Waals surface area contributed by atoms with Crippen LogP contribution in [0.5, 0.6) is 0 Å². The predicted octanol–water partition coefficient (Wildman–Crippen LogP) is 3.80. The maximum atomic E-state index is 12.9. The van der Waals surface area contributed by atoms with Gasteiger partial charge in [0, 0.05) is 19.6 Å². The summed E-state index contributed by atoms with van der Waals surface area (Å²) >= 11 is 1.46. The Balaban J connectivity index is 1.61. The van der Waals surface area contributed by atoms with Gasteiger partial charge in [-0.15, -0.1) is 11.3 Å². The summed E-state index contributed by atoms with van der Waals surface area (Å²) in [5.74, 6) is -0.0367. The molecule has 1 N–H and O–H groups in total. The summed E-state index contributed by atoms with van der Waals surface area (Å²) in [6.45, 7) is 7.97. The lowest BCUT2D eigenvalue weighted by Gasteiger charge is -2.33. The Labute approximate surface area is 177 Å². The first kappa shape index (κ1) is 21.5. The third kappa shape index (κ3) is 5.46. The summed E-state index contributed by atoms with van der Waals surface area (Å²) in [6, 6.07) is 14.2. The van der Waals surface area contributed by atoms with Gasteiger partial charge in [0.2, 0.25) is 5.91 Å². The molecule has 1 aromatic heterocycles. The fraction of sp³-hybridized carbons (Fsp3) is 0.478. The lowest BCUT2D eigenvalue weighted by molar-refractivity contribution is -0.126. The summed E-state index contributed by atoms with van der Waals surface area (Å²) in [4.78, 5) is 30.5. The molecule has 5 nitrogen and oxygen atoms in total. The number of hydrogen-bond acceptors (Lipinski definition) is 4. The molecule has 6 heteroatoms.